The Kier molecular flexibility index (Phi) is 31.0. The van der Waals surface area contributed by atoms with Gasteiger partial charge in [-0.05, 0) is 180 Å². The average molecular weight is 1840 g/mol. The zero-order valence-corrected chi connectivity index (χ0v) is 69.9. The van der Waals surface area contributed by atoms with E-state index in [0.717, 1.165) is 85.9 Å². The van der Waals surface area contributed by atoms with E-state index in [2.05, 4.69) is 60.8 Å². The van der Waals surface area contributed by atoms with Gasteiger partial charge in [-0.2, -0.15) is 28.5 Å². The van der Waals surface area contributed by atoms with Crippen molar-refractivity contribution in [3.63, 3.8) is 0 Å². The van der Waals surface area contributed by atoms with E-state index in [1.54, 1.807) is 72.8 Å². The maximum absolute atomic E-state index is 13.4. The number of halogens is 3. The van der Waals surface area contributed by atoms with Gasteiger partial charge in [0.15, 0.2) is 66.0 Å². The Morgan fingerprint density at radius 3 is 1.17 bits per heavy atom. The van der Waals surface area contributed by atoms with Crippen molar-refractivity contribution in [3.05, 3.63) is 177 Å². The Bertz CT molecular complexity index is 6110. The number of azide groups is 1. The molecule has 3 amide bonds. The highest BCUT2D eigenvalue weighted by Crippen LogP contribution is 2.51. The van der Waals surface area contributed by atoms with Gasteiger partial charge < -0.3 is 50.0 Å². The van der Waals surface area contributed by atoms with Crippen molar-refractivity contribution in [2.24, 2.45) is 22.6 Å². The number of hydrogen-bond acceptors (Lipinski definition) is 26. The third kappa shape index (κ3) is 22.7. The van der Waals surface area contributed by atoms with Crippen molar-refractivity contribution in [2.75, 3.05) is 61.3 Å². The number of nitrogens with one attached hydrogen (secondary N) is 3. The quantitative estimate of drug-likeness (QED) is 0.00797. The van der Waals surface area contributed by atoms with E-state index in [9.17, 15) is 67.3 Å². The Labute approximate surface area is 724 Å². The first-order valence-corrected chi connectivity index (χ1v) is 47.0. The minimum atomic E-state index is -3.95. The predicted molar refractivity (Wildman–Crippen MR) is 462 cm³/mol. The molecule has 17 rings (SSSR count). The van der Waals surface area contributed by atoms with Gasteiger partial charge in [-0.25, -0.2) is 54.4 Å². The largest absolute Gasteiger partial charge is 0.525 e. The summed E-state index contributed by atoms with van der Waals surface area (Å²) in [5, 5.41) is 29.4. The number of ether oxygens (including phenoxy) is 3. The van der Waals surface area contributed by atoms with Crippen LogP contribution in [0.1, 0.15) is 147 Å². The number of amides is 3. The van der Waals surface area contributed by atoms with Crippen LogP contribution >= 0.6 is 41.8 Å². The number of benzene rings is 5. The number of rotatable bonds is 27. The van der Waals surface area contributed by atoms with Crippen molar-refractivity contribution in [2.45, 2.75) is 167 Å². The molecule has 3 aliphatic carbocycles. The fourth-order valence-electron chi connectivity index (χ4n) is 14.3. The number of para-hydroxylation sites is 2. The molecule has 3 saturated heterocycles. The highest BCUT2D eigenvalue weighted by molar-refractivity contribution is 7.93. The molecule has 6 aliphatic rings. The van der Waals surface area contributed by atoms with Crippen LogP contribution in [0.15, 0.2) is 154 Å². The van der Waals surface area contributed by atoms with Crippen LogP contribution in [-0.2, 0) is 62.7 Å². The van der Waals surface area contributed by atoms with Gasteiger partial charge in [-0.3, -0.25) is 28.4 Å². The van der Waals surface area contributed by atoms with Crippen LogP contribution in [0.25, 0.3) is 48.0 Å². The number of sulfone groups is 3. The van der Waals surface area contributed by atoms with Crippen LogP contribution in [-0.4, -0.2) is 154 Å². The molecular formula is C80H91F3N17O17PS6. The molecule has 6 aromatic heterocycles. The van der Waals surface area contributed by atoms with E-state index in [0.29, 0.717) is 142 Å². The number of hydrogen-bond donors (Lipinski definition) is 5. The second-order valence-electron chi connectivity index (χ2n) is 29.4. The van der Waals surface area contributed by atoms with E-state index >= 15 is 0 Å². The van der Waals surface area contributed by atoms with Gasteiger partial charge in [-0.1, -0.05) is 92.7 Å². The molecule has 3 saturated carbocycles. The van der Waals surface area contributed by atoms with Gasteiger partial charge in [0.1, 0.15) is 29.6 Å². The SMILES string of the molecule is C.C.C.Nc1cc(S(=O)(=O)C2CC2)c2cnn(C(CC3CCOCC3)C(=O)Nc3ncc(F)s3)c2c1.O=C(O)c1cc(S(=O)(=O)C2CC2)c2cnn(C(CC3CCOCC3)C(=O)Nc3ncc(F)s3)c2c1.[C-]#[N+]c1cc(S(=O)(=O)C2CC2)c2cnn(C(CC3CCOCC3)C(=O)Nc3ncc(F)s3)c2c1.[N-]=[N+]=NP(=O)(Oc1ccccc1)Oc1ccccc1. The Morgan fingerprint density at radius 2 is 0.855 bits per heavy atom. The summed E-state index contributed by atoms with van der Waals surface area (Å²) in [5.41, 5.74) is 15.9. The average Bonchev–Trinajstić information content (AvgIpc) is 1.60. The van der Waals surface area contributed by atoms with Crippen molar-refractivity contribution >= 4 is 154 Å². The van der Waals surface area contributed by atoms with Crippen molar-refractivity contribution in [3.8, 4) is 11.5 Å². The molecule has 44 heteroatoms. The first-order chi connectivity index (χ1) is 58.1. The normalized spacial score (nSPS) is 16.5. The third-order valence-electron chi connectivity index (χ3n) is 20.9. The number of nitrogens with two attached hydrogens (primary N) is 1. The van der Waals surface area contributed by atoms with E-state index in [-0.39, 0.29) is 98.0 Å². The van der Waals surface area contributed by atoms with Gasteiger partial charge in [0.05, 0.1) is 96.3 Å². The fourth-order valence-corrected chi connectivity index (χ4v) is 22.6. The number of nitrogen functional groups attached to an aromatic ring is 1. The highest BCUT2D eigenvalue weighted by Gasteiger charge is 2.43. The Balaban J connectivity index is 0.000000163. The first-order valence-electron chi connectivity index (χ1n) is 38.4. The topological polar surface area (TPSA) is 462 Å². The van der Waals surface area contributed by atoms with Crippen molar-refractivity contribution < 1.29 is 90.5 Å². The number of aromatic nitrogens is 9. The molecule has 6 N–H and O–H groups in total. The molecule has 3 unspecified atom stereocenters. The van der Waals surface area contributed by atoms with Crippen LogP contribution in [0.4, 0.5) is 39.9 Å². The maximum Gasteiger partial charge on any atom is 0.525 e. The van der Waals surface area contributed by atoms with Crippen LogP contribution in [0.3, 0.4) is 0 Å². The lowest BCUT2D eigenvalue weighted by Gasteiger charge is -2.26. The molecule has 660 valence electrons. The standard InChI is InChI=1S/C22H22FN5O4S2.C22H23FN4O6S2.C21H24FN5O4S2.C12H10N3O3P.3CH4/c1-24-14-9-17-16(19(10-14)34(30,31)15-2-3-15)11-26-28(17)18(8-13-4-6-32-7-5-13)21(29)27-22-25-12-20(23)33-22;23-19-11-24-22(34-19)26-20(28)17(7-12-3-5-33-6-4-12)27-16-8-13(21(29)30)9-18(15(16)10-25-27)35(31,32)14-1-2-14;22-19-11-24-21(32-19)26-20(28)17(7-12-3-5-31-6-4-12)27-16-8-13(23)9-18(15(16)10-25-27)33(29,30)14-1-2-14;13-14-15-19(16,17-11-7-3-1-4-8-11)18-12-9-5-2-6-10-12;;;/h9-13,15,18H,2-8H2,(H,25,27,29);8-12,14,17H,1-7H2,(H,29,30)(H,24,26,28);8-12,14,17H,1-7,23H2,(H,24,26,28);1-10H;3*1H4. The monoisotopic (exact) mass is 1840 g/mol. The second kappa shape index (κ2) is 40.9. The molecule has 5 aromatic carbocycles. The fraction of sp³-hybridized carbons (Fsp3) is 0.412. The number of aromatic carboxylic acids is 1. The van der Waals surface area contributed by atoms with Gasteiger partial charge >= 0.3 is 13.7 Å². The molecule has 124 heavy (non-hydrogen) atoms. The van der Waals surface area contributed by atoms with E-state index in [1.165, 1.54) is 50.8 Å². The van der Waals surface area contributed by atoms with Gasteiger partial charge in [0.2, 0.25) is 0 Å². The summed E-state index contributed by atoms with van der Waals surface area (Å²) in [4.78, 5) is 72.7. The number of carboxylic acid groups (broad SMARTS) is 1. The van der Waals surface area contributed by atoms with Crippen molar-refractivity contribution in [1.82, 2.24) is 44.3 Å². The lowest BCUT2D eigenvalue weighted by atomic mass is 9.92. The van der Waals surface area contributed by atoms with E-state index in [1.807, 2.05) is 0 Å². The number of carboxylic acids is 1. The Hall–Kier alpha value is -10.8. The molecule has 3 atom stereocenters. The minimum absolute atomic E-state index is 0. The molecule has 9 heterocycles. The summed E-state index contributed by atoms with van der Waals surface area (Å²) in [5.74, 6) is -1.46. The second-order valence-corrected chi connectivity index (χ2v) is 40.4. The maximum atomic E-state index is 13.4. The summed E-state index contributed by atoms with van der Waals surface area (Å²) in [6, 6.07) is 22.9. The molecule has 0 radical (unpaired) electrons. The predicted octanol–water partition coefficient (Wildman–Crippen LogP) is 17.0. The smallest absolute Gasteiger partial charge is 0.478 e. The molecule has 3 aliphatic heterocycles. The van der Waals surface area contributed by atoms with Crippen LogP contribution in [0.5, 0.6) is 11.5 Å². The summed E-state index contributed by atoms with van der Waals surface area (Å²) in [6.07, 6.45) is 16.8. The number of carbonyl (C=O) groups excluding carboxylic acids is 3. The summed E-state index contributed by atoms with van der Waals surface area (Å²) in [6.45, 7) is 11.0. The number of carbonyl (C=O) groups is 4. The van der Waals surface area contributed by atoms with E-state index in [4.69, 9.17) is 41.1 Å². The van der Waals surface area contributed by atoms with Gasteiger partial charge in [0, 0.05) is 71.3 Å². The highest BCUT2D eigenvalue weighted by atomic mass is 32.2. The van der Waals surface area contributed by atoms with E-state index < -0.39 is 110 Å². The van der Waals surface area contributed by atoms with Crippen molar-refractivity contribution in [1.29, 1.82) is 0 Å². The number of anilines is 4. The van der Waals surface area contributed by atoms with Crippen LogP contribution < -0.4 is 30.7 Å². The number of thiazole rings is 3. The summed E-state index contributed by atoms with van der Waals surface area (Å²) in [7, 11) is -14.8. The third-order valence-corrected chi connectivity index (χ3v) is 31.1. The summed E-state index contributed by atoms with van der Waals surface area (Å²) < 4.78 is 162. The molecule has 0 bridgehead atoms. The molecule has 6 fully saturated rings. The zero-order valence-electron chi connectivity index (χ0n) is 64.1. The Morgan fingerprint density at radius 1 is 0.524 bits per heavy atom. The van der Waals surface area contributed by atoms with Gasteiger partial charge in [-0.15, -0.1) is 0 Å². The lowest BCUT2D eigenvalue weighted by Crippen LogP contribution is -2.30. The molecular weight excluding hydrogens is 1750 g/mol. The molecule has 0 spiro atoms. The number of fused-ring (bicyclic) bond motifs is 3. The molecule has 34 nitrogen and oxygen atoms in total. The van der Waals surface area contributed by atoms with Crippen LogP contribution in [0.2, 0.25) is 0 Å². The first kappa shape index (κ1) is 93.9. The van der Waals surface area contributed by atoms with Crippen LogP contribution in [0, 0.1) is 39.7 Å². The summed E-state index contributed by atoms with van der Waals surface area (Å²) >= 11 is 2.15. The molecule has 11 aromatic rings. The minimum Gasteiger partial charge on any atom is -0.478 e. The zero-order chi connectivity index (χ0) is 85.3. The lowest BCUT2D eigenvalue weighted by molar-refractivity contribution is -0.121. The number of nitrogens with zero attached hydrogens (tertiary/aromatic N) is 13. The van der Waals surface area contributed by atoms with Gasteiger partial charge in [0.25, 0.3) is 17.7 Å².